The molecule has 0 bridgehead atoms. The molecule has 34 heavy (non-hydrogen) atoms. The molecule has 0 radical (unpaired) electrons. The summed E-state index contributed by atoms with van der Waals surface area (Å²) in [5.74, 6) is 0.594. The molecule has 6 nitrogen and oxygen atoms in total. The lowest BCUT2D eigenvalue weighted by atomic mass is 10.1. The van der Waals surface area contributed by atoms with Crippen molar-refractivity contribution < 1.29 is 9.53 Å². The Kier molecular flexibility index (Phi) is 7.04. The Morgan fingerprint density at radius 2 is 1.85 bits per heavy atom. The lowest BCUT2D eigenvalue weighted by Crippen LogP contribution is -2.31. The number of carbonyl (C=O) groups excluding carboxylic acids is 1. The van der Waals surface area contributed by atoms with E-state index < -0.39 is 0 Å². The van der Waals surface area contributed by atoms with Gasteiger partial charge >= 0.3 is 0 Å². The fraction of sp³-hybridized carbons (Fsp3) is 0.179. The number of para-hydroxylation sites is 2. The van der Waals surface area contributed by atoms with Gasteiger partial charge in [0.05, 0.1) is 36.5 Å². The molecular weight excluding hydrogens is 424 g/mol. The fourth-order valence-corrected chi connectivity index (χ4v) is 4.09. The number of aromatic nitrogens is 2. The molecule has 4 aromatic rings. The largest absolute Gasteiger partial charge is 0.495 e. The van der Waals surface area contributed by atoms with Crippen molar-refractivity contribution in [1.29, 1.82) is 5.26 Å². The van der Waals surface area contributed by atoms with Crippen LogP contribution >= 0.6 is 0 Å². The van der Waals surface area contributed by atoms with Gasteiger partial charge in [0.1, 0.15) is 5.75 Å². The van der Waals surface area contributed by atoms with Crippen molar-refractivity contribution in [3.05, 3.63) is 102 Å². The van der Waals surface area contributed by atoms with Gasteiger partial charge in [-0.15, -0.1) is 0 Å². The van der Waals surface area contributed by atoms with Crippen LogP contribution in [0.25, 0.3) is 16.9 Å². The molecule has 0 spiro atoms. The highest BCUT2D eigenvalue weighted by atomic mass is 16.5. The molecule has 0 fully saturated rings. The van der Waals surface area contributed by atoms with Crippen LogP contribution in [-0.4, -0.2) is 34.0 Å². The number of carbonyl (C=O) groups is 1. The number of amides is 1. The van der Waals surface area contributed by atoms with E-state index in [0.29, 0.717) is 24.4 Å². The van der Waals surface area contributed by atoms with Gasteiger partial charge in [0.15, 0.2) is 0 Å². The second kappa shape index (κ2) is 10.5. The first-order valence-electron chi connectivity index (χ1n) is 11.1. The van der Waals surface area contributed by atoms with Crippen LogP contribution in [0.2, 0.25) is 0 Å². The van der Waals surface area contributed by atoms with Crippen molar-refractivity contribution in [2.45, 2.75) is 19.9 Å². The maximum atomic E-state index is 13.8. The van der Waals surface area contributed by atoms with Crippen LogP contribution in [0.1, 0.15) is 28.0 Å². The van der Waals surface area contributed by atoms with Gasteiger partial charge in [0.25, 0.3) is 5.91 Å². The van der Waals surface area contributed by atoms with E-state index in [4.69, 9.17) is 4.74 Å². The number of ether oxygens (including phenoxy) is 1. The molecule has 2 aromatic carbocycles. The predicted octanol–water partition coefficient (Wildman–Crippen LogP) is 5.41. The molecule has 0 aliphatic rings. The molecule has 6 heteroatoms. The lowest BCUT2D eigenvalue weighted by molar-refractivity contribution is 0.0746. The van der Waals surface area contributed by atoms with Gasteiger partial charge in [0.2, 0.25) is 0 Å². The molecule has 2 heterocycles. The number of methoxy groups -OCH3 is 1. The van der Waals surface area contributed by atoms with Gasteiger partial charge in [-0.1, -0.05) is 48.5 Å². The number of benzene rings is 2. The molecule has 0 saturated heterocycles. The summed E-state index contributed by atoms with van der Waals surface area (Å²) in [5.41, 5.74) is 5.06. The summed E-state index contributed by atoms with van der Waals surface area (Å²) in [6.07, 6.45) is 3.70. The molecule has 4 rings (SSSR count). The summed E-state index contributed by atoms with van der Waals surface area (Å²) in [4.78, 5) is 19.7. The Morgan fingerprint density at radius 3 is 2.56 bits per heavy atom. The number of nitrogens with zero attached hydrogens (tertiary/aromatic N) is 4. The maximum Gasteiger partial charge on any atom is 0.256 e. The van der Waals surface area contributed by atoms with Crippen LogP contribution in [0.15, 0.2) is 85.2 Å². The Balaban J connectivity index is 1.83. The molecular formula is C28H26N4O2. The van der Waals surface area contributed by atoms with E-state index in [9.17, 15) is 10.1 Å². The molecule has 0 aliphatic carbocycles. The Morgan fingerprint density at radius 1 is 1.09 bits per heavy atom. The normalized spacial score (nSPS) is 10.5. The smallest absolute Gasteiger partial charge is 0.256 e. The predicted molar refractivity (Wildman–Crippen MR) is 132 cm³/mol. The summed E-state index contributed by atoms with van der Waals surface area (Å²) in [5, 5.41) is 9.17. The number of hydrogen-bond donors (Lipinski definition) is 0. The SMILES string of the molecule is COc1ccccc1-n1c(-c2ccccc2)cc(C(=O)N(CCC#N)Cc2cccnc2)c1C. The highest BCUT2D eigenvalue weighted by molar-refractivity contribution is 5.97. The number of rotatable bonds is 8. The standard InChI is InChI=1S/C28H26N4O2/c1-21-24(28(33)31(17-9-15-29)20-22-10-8-16-30-19-22)18-26(23-11-4-3-5-12-23)32(21)25-13-6-7-14-27(25)34-2/h3-8,10-14,16,18-19H,9,17,20H2,1-2H3. The summed E-state index contributed by atoms with van der Waals surface area (Å²) >= 11 is 0. The zero-order valence-corrected chi connectivity index (χ0v) is 19.3. The second-order valence-electron chi connectivity index (χ2n) is 7.90. The number of nitriles is 1. The van der Waals surface area contributed by atoms with Gasteiger partial charge in [0, 0.05) is 31.2 Å². The van der Waals surface area contributed by atoms with Crippen molar-refractivity contribution in [3.8, 4) is 28.8 Å². The van der Waals surface area contributed by atoms with E-state index in [-0.39, 0.29) is 12.3 Å². The van der Waals surface area contributed by atoms with Crippen molar-refractivity contribution in [2.24, 2.45) is 0 Å². The van der Waals surface area contributed by atoms with E-state index in [0.717, 1.165) is 28.2 Å². The van der Waals surface area contributed by atoms with E-state index in [2.05, 4.69) is 15.6 Å². The van der Waals surface area contributed by atoms with Crippen LogP contribution in [-0.2, 0) is 6.54 Å². The Labute approximate surface area is 199 Å². The van der Waals surface area contributed by atoms with Crippen molar-refractivity contribution in [2.75, 3.05) is 13.7 Å². The van der Waals surface area contributed by atoms with Crippen LogP contribution in [0.4, 0.5) is 0 Å². The van der Waals surface area contributed by atoms with Gasteiger partial charge in [-0.2, -0.15) is 5.26 Å². The summed E-state index contributed by atoms with van der Waals surface area (Å²) in [6.45, 7) is 2.66. The van der Waals surface area contributed by atoms with Crippen LogP contribution in [0.3, 0.4) is 0 Å². The fourth-order valence-electron chi connectivity index (χ4n) is 4.09. The molecule has 0 saturated carbocycles. The Hall–Kier alpha value is -4.37. The second-order valence-corrected chi connectivity index (χ2v) is 7.90. The third-order valence-corrected chi connectivity index (χ3v) is 5.75. The van der Waals surface area contributed by atoms with Crippen LogP contribution in [0, 0.1) is 18.3 Å². The molecule has 1 amide bonds. The average molecular weight is 451 g/mol. The summed E-state index contributed by atoms with van der Waals surface area (Å²) in [7, 11) is 1.64. The molecule has 0 unspecified atom stereocenters. The zero-order valence-electron chi connectivity index (χ0n) is 19.3. The van der Waals surface area contributed by atoms with E-state index in [1.807, 2.05) is 79.7 Å². The van der Waals surface area contributed by atoms with E-state index in [1.54, 1.807) is 24.4 Å². The minimum Gasteiger partial charge on any atom is -0.495 e. The average Bonchev–Trinajstić information content (AvgIpc) is 3.23. The zero-order chi connectivity index (χ0) is 23.9. The van der Waals surface area contributed by atoms with Gasteiger partial charge in [-0.3, -0.25) is 9.78 Å². The quantitative estimate of drug-likeness (QED) is 0.360. The maximum absolute atomic E-state index is 13.8. The minimum atomic E-state index is -0.123. The Bertz CT molecular complexity index is 1310. The third-order valence-electron chi connectivity index (χ3n) is 5.75. The first kappa shape index (κ1) is 22.8. The lowest BCUT2D eigenvalue weighted by Gasteiger charge is -2.22. The van der Waals surface area contributed by atoms with Crippen LogP contribution in [0.5, 0.6) is 5.75 Å². The first-order valence-corrected chi connectivity index (χ1v) is 11.1. The third kappa shape index (κ3) is 4.69. The van der Waals surface area contributed by atoms with Gasteiger partial charge in [-0.25, -0.2) is 0 Å². The highest BCUT2D eigenvalue weighted by Gasteiger charge is 2.25. The minimum absolute atomic E-state index is 0.123. The highest BCUT2D eigenvalue weighted by Crippen LogP contribution is 2.34. The van der Waals surface area contributed by atoms with E-state index in [1.165, 1.54) is 0 Å². The van der Waals surface area contributed by atoms with Crippen molar-refractivity contribution in [1.82, 2.24) is 14.5 Å². The topological polar surface area (TPSA) is 71.2 Å². The monoisotopic (exact) mass is 450 g/mol. The molecule has 0 N–H and O–H groups in total. The van der Waals surface area contributed by atoms with Gasteiger partial charge < -0.3 is 14.2 Å². The van der Waals surface area contributed by atoms with Crippen LogP contribution < -0.4 is 4.74 Å². The van der Waals surface area contributed by atoms with Gasteiger partial charge in [-0.05, 0) is 42.3 Å². The summed E-state index contributed by atoms with van der Waals surface area (Å²) < 4.78 is 7.70. The molecule has 170 valence electrons. The number of pyridine rings is 1. The summed E-state index contributed by atoms with van der Waals surface area (Å²) in [6, 6.07) is 25.6. The van der Waals surface area contributed by atoms with E-state index >= 15 is 0 Å². The molecule has 2 aromatic heterocycles. The molecule has 0 atom stereocenters. The number of hydrogen-bond acceptors (Lipinski definition) is 4. The molecule has 0 aliphatic heterocycles. The first-order chi connectivity index (χ1) is 16.6. The van der Waals surface area contributed by atoms with Crippen molar-refractivity contribution in [3.63, 3.8) is 0 Å². The van der Waals surface area contributed by atoms with Crippen molar-refractivity contribution >= 4 is 5.91 Å².